The zero-order valence-corrected chi connectivity index (χ0v) is 13.7. The quantitative estimate of drug-likeness (QED) is 0.511. The maximum absolute atomic E-state index is 11.2. The average Bonchev–Trinajstić information content (AvgIpc) is 2.81. The van der Waals surface area contributed by atoms with Crippen molar-refractivity contribution in [1.29, 1.82) is 0 Å². The van der Waals surface area contributed by atoms with Gasteiger partial charge < -0.3 is 4.40 Å². The summed E-state index contributed by atoms with van der Waals surface area (Å²) >= 11 is 3.41. The van der Waals surface area contributed by atoms with Crippen LogP contribution in [0.15, 0.2) is 59.2 Å². The van der Waals surface area contributed by atoms with Crippen molar-refractivity contribution in [3.8, 4) is 0 Å². The summed E-state index contributed by atoms with van der Waals surface area (Å²) in [6.07, 6.45) is 1.96. The Morgan fingerprint density at radius 2 is 1.95 bits per heavy atom. The minimum Gasteiger partial charge on any atom is -0.320 e. The maximum atomic E-state index is 11.2. The van der Waals surface area contributed by atoms with Crippen LogP contribution < -0.4 is 0 Å². The zero-order chi connectivity index (χ0) is 15.7. The Bertz CT molecular complexity index is 824. The zero-order valence-electron chi connectivity index (χ0n) is 12.1. The van der Waals surface area contributed by atoms with Gasteiger partial charge in [-0.25, -0.2) is 0 Å². The molecule has 0 N–H and O–H groups in total. The van der Waals surface area contributed by atoms with Gasteiger partial charge in [-0.05, 0) is 48.4 Å². The molecular formula is C17H15BrN2O2. The number of hydrogen-bond donors (Lipinski definition) is 0. The molecule has 2 heterocycles. The Balaban J connectivity index is 2.17. The fraction of sp³-hybridized carbons (Fsp3) is 0.176. The molecule has 0 amide bonds. The smallest absolute Gasteiger partial charge is 0.216 e. The number of pyridine rings is 1. The molecule has 0 bridgehead atoms. The molecule has 0 aliphatic rings. The molecule has 4 nitrogen and oxygen atoms in total. The van der Waals surface area contributed by atoms with Gasteiger partial charge in [0.05, 0.1) is 5.92 Å². The van der Waals surface area contributed by atoms with Crippen molar-refractivity contribution in [2.24, 2.45) is 0 Å². The summed E-state index contributed by atoms with van der Waals surface area (Å²) < 4.78 is 3.01. The van der Waals surface area contributed by atoms with Crippen molar-refractivity contribution in [2.45, 2.75) is 12.8 Å². The predicted octanol–water partition coefficient (Wildman–Crippen LogP) is 4.42. The molecule has 1 atom stereocenters. The summed E-state index contributed by atoms with van der Waals surface area (Å²) in [5.74, 6) is -0.270. The summed E-state index contributed by atoms with van der Waals surface area (Å²) in [6, 6.07) is 15.7. The molecule has 0 spiro atoms. The number of nitro groups is 1. The first-order valence-electron chi connectivity index (χ1n) is 7.00. The van der Waals surface area contributed by atoms with E-state index in [1.54, 1.807) is 0 Å². The molecule has 3 aromatic rings. The summed E-state index contributed by atoms with van der Waals surface area (Å²) in [7, 11) is 0. The normalized spacial score (nSPS) is 12.5. The van der Waals surface area contributed by atoms with E-state index in [0.717, 1.165) is 26.8 Å². The largest absolute Gasteiger partial charge is 0.320 e. The average molecular weight is 359 g/mol. The molecule has 0 radical (unpaired) electrons. The van der Waals surface area contributed by atoms with Gasteiger partial charge in [0.25, 0.3) is 0 Å². The molecule has 0 fully saturated rings. The molecule has 2 aromatic heterocycles. The van der Waals surface area contributed by atoms with Crippen LogP contribution >= 0.6 is 15.9 Å². The molecule has 1 unspecified atom stereocenters. The van der Waals surface area contributed by atoms with Crippen molar-refractivity contribution in [3.63, 3.8) is 0 Å². The first-order valence-corrected chi connectivity index (χ1v) is 7.79. The van der Waals surface area contributed by atoms with Crippen molar-refractivity contribution in [3.05, 3.63) is 86.1 Å². The molecule has 0 aliphatic carbocycles. The lowest BCUT2D eigenvalue weighted by atomic mass is 9.93. The number of hydrogen-bond acceptors (Lipinski definition) is 2. The van der Waals surface area contributed by atoms with Crippen LogP contribution in [-0.2, 0) is 0 Å². The highest BCUT2D eigenvalue weighted by molar-refractivity contribution is 9.10. The lowest BCUT2D eigenvalue weighted by Crippen LogP contribution is -2.16. The highest BCUT2D eigenvalue weighted by Gasteiger charge is 2.25. The van der Waals surface area contributed by atoms with Crippen molar-refractivity contribution >= 4 is 21.4 Å². The number of halogens is 1. The molecule has 22 heavy (non-hydrogen) atoms. The second kappa shape index (κ2) is 5.93. The van der Waals surface area contributed by atoms with E-state index >= 15 is 0 Å². The molecule has 0 saturated carbocycles. The van der Waals surface area contributed by atoms with Gasteiger partial charge in [-0.15, -0.1) is 0 Å². The SMILES string of the molecule is Cc1cc2ccccn2c1C(C[N+](=O)[O-])c1ccc(Br)cc1. The molecule has 5 heteroatoms. The van der Waals surface area contributed by atoms with Gasteiger partial charge in [0.1, 0.15) is 0 Å². The molecular weight excluding hydrogens is 344 g/mol. The number of nitrogens with zero attached hydrogens (tertiary/aromatic N) is 2. The van der Waals surface area contributed by atoms with E-state index < -0.39 is 0 Å². The van der Waals surface area contributed by atoms with Crippen LogP contribution in [-0.4, -0.2) is 15.9 Å². The van der Waals surface area contributed by atoms with E-state index in [-0.39, 0.29) is 17.4 Å². The summed E-state index contributed by atoms with van der Waals surface area (Å²) in [4.78, 5) is 10.9. The van der Waals surface area contributed by atoms with E-state index in [4.69, 9.17) is 0 Å². The first-order chi connectivity index (χ1) is 10.6. The van der Waals surface area contributed by atoms with Gasteiger partial charge >= 0.3 is 0 Å². The van der Waals surface area contributed by atoms with Crippen molar-refractivity contribution < 1.29 is 4.92 Å². The lowest BCUT2D eigenvalue weighted by molar-refractivity contribution is -0.482. The standard InChI is InChI=1S/C17H15BrN2O2/c1-12-10-15-4-2-3-9-19(15)17(12)16(11-20(21)22)13-5-7-14(18)8-6-13/h2-10,16H,11H2,1H3. The minimum atomic E-state index is -0.270. The third-order valence-electron chi connectivity index (χ3n) is 3.85. The Labute approximate surface area is 136 Å². The second-order valence-electron chi connectivity index (χ2n) is 5.33. The van der Waals surface area contributed by atoms with E-state index in [1.165, 1.54) is 0 Å². The summed E-state index contributed by atoms with van der Waals surface area (Å²) in [5.41, 5.74) is 4.06. The van der Waals surface area contributed by atoms with E-state index in [9.17, 15) is 10.1 Å². The van der Waals surface area contributed by atoms with E-state index in [0.29, 0.717) is 0 Å². The van der Waals surface area contributed by atoms with Crippen LogP contribution in [0, 0.1) is 17.0 Å². The Morgan fingerprint density at radius 3 is 2.64 bits per heavy atom. The molecule has 0 aliphatic heterocycles. The van der Waals surface area contributed by atoms with Crippen LogP contribution in [0.2, 0.25) is 0 Å². The van der Waals surface area contributed by atoms with E-state index in [2.05, 4.69) is 22.0 Å². The van der Waals surface area contributed by atoms with Gasteiger partial charge in [-0.2, -0.15) is 0 Å². The number of aromatic nitrogens is 1. The Morgan fingerprint density at radius 1 is 1.23 bits per heavy atom. The monoisotopic (exact) mass is 358 g/mol. The highest BCUT2D eigenvalue weighted by atomic mass is 79.9. The van der Waals surface area contributed by atoms with Gasteiger partial charge in [0, 0.05) is 26.8 Å². The topological polar surface area (TPSA) is 47.5 Å². The molecule has 112 valence electrons. The summed E-state index contributed by atoms with van der Waals surface area (Å²) in [5, 5.41) is 11.2. The van der Waals surface area contributed by atoms with Gasteiger partial charge in [-0.1, -0.05) is 34.1 Å². The van der Waals surface area contributed by atoms with Crippen LogP contribution in [0.3, 0.4) is 0 Å². The number of fused-ring (bicyclic) bond motifs is 1. The summed E-state index contributed by atoms with van der Waals surface area (Å²) in [6.45, 7) is 1.89. The first kappa shape index (κ1) is 14.8. The molecule has 1 aromatic carbocycles. The third-order valence-corrected chi connectivity index (χ3v) is 4.38. The molecule has 3 rings (SSSR count). The van der Waals surface area contributed by atoms with Crippen LogP contribution in [0.4, 0.5) is 0 Å². The van der Waals surface area contributed by atoms with Crippen molar-refractivity contribution in [2.75, 3.05) is 6.54 Å². The van der Waals surface area contributed by atoms with Gasteiger partial charge in [0.15, 0.2) is 0 Å². The minimum absolute atomic E-state index is 0.122. The maximum Gasteiger partial charge on any atom is 0.216 e. The predicted molar refractivity (Wildman–Crippen MR) is 90.0 cm³/mol. The Hall–Kier alpha value is -2.14. The Kier molecular flexibility index (Phi) is 3.98. The lowest BCUT2D eigenvalue weighted by Gasteiger charge is -2.15. The fourth-order valence-electron chi connectivity index (χ4n) is 2.92. The fourth-order valence-corrected chi connectivity index (χ4v) is 3.18. The number of aryl methyl sites for hydroxylation is 1. The van der Waals surface area contributed by atoms with E-state index in [1.807, 2.05) is 60.0 Å². The van der Waals surface area contributed by atoms with Crippen LogP contribution in [0.5, 0.6) is 0 Å². The van der Waals surface area contributed by atoms with Gasteiger partial charge in [0.2, 0.25) is 6.54 Å². The van der Waals surface area contributed by atoms with Crippen molar-refractivity contribution in [1.82, 2.24) is 4.40 Å². The highest BCUT2D eigenvalue weighted by Crippen LogP contribution is 2.30. The number of benzene rings is 1. The third kappa shape index (κ3) is 2.76. The number of rotatable bonds is 4. The molecule has 0 saturated heterocycles. The van der Waals surface area contributed by atoms with Crippen LogP contribution in [0.25, 0.3) is 5.52 Å². The van der Waals surface area contributed by atoms with Crippen LogP contribution in [0.1, 0.15) is 22.7 Å². The second-order valence-corrected chi connectivity index (χ2v) is 6.24. The van der Waals surface area contributed by atoms with Gasteiger partial charge in [-0.3, -0.25) is 10.1 Å².